The van der Waals surface area contributed by atoms with Crippen LogP contribution >= 0.6 is 13.6 Å². The number of hydrogen-bond donors (Lipinski definition) is 2. The molecule has 0 unspecified atom stereocenters. The number of aromatic hydroxyl groups is 2. The van der Waals surface area contributed by atoms with Gasteiger partial charge in [-0.25, -0.2) is 0 Å². The summed E-state index contributed by atoms with van der Waals surface area (Å²) in [5, 5.41) is 21.0. The number of phenolic OH excluding ortho intramolecular Hbond substituents is 2. The summed E-state index contributed by atoms with van der Waals surface area (Å²) in [6.07, 6.45) is 8.00. The number of halogens is 4. The molecule has 0 aliphatic heterocycles. The van der Waals surface area contributed by atoms with Crippen molar-refractivity contribution in [1.29, 1.82) is 0 Å². The van der Waals surface area contributed by atoms with E-state index in [1.165, 1.54) is 16.3 Å². The Kier molecular flexibility index (Phi) is 18.2. The third-order valence-corrected chi connectivity index (χ3v) is 11.8. The van der Waals surface area contributed by atoms with Crippen LogP contribution in [-0.4, -0.2) is 40.8 Å². The molecule has 0 saturated carbocycles. The summed E-state index contributed by atoms with van der Waals surface area (Å²) in [6, 6.07) is 5.57. The number of aryl methyl sites for hydroxylation is 1. The average Bonchev–Trinajstić information content (AvgIpc) is 3.13. The van der Waals surface area contributed by atoms with Gasteiger partial charge in [-0.2, -0.15) is 28.0 Å². The van der Waals surface area contributed by atoms with Gasteiger partial charge >= 0.3 is 45.6 Å². The van der Waals surface area contributed by atoms with Gasteiger partial charge in [0.25, 0.3) is 0 Å². The Morgan fingerprint density at radius 2 is 1.23 bits per heavy atom. The van der Waals surface area contributed by atoms with Crippen LogP contribution in [0.25, 0.3) is 0 Å². The molecule has 15 heteroatoms. The minimum atomic E-state index is -5.95. The molecular weight excluding hydrogens is 943 g/mol. The summed E-state index contributed by atoms with van der Waals surface area (Å²) in [5.74, 6) is -1.51. The molecule has 334 valence electrons. The quantitative estimate of drug-likeness (QED) is 0.0718. The van der Waals surface area contributed by atoms with Crippen molar-refractivity contribution in [2.24, 2.45) is 11.8 Å². The number of phenols is 2. The standard InChI is InChI=1S/C23H35F3O5SSi2.C19H26O2.C3H7.BrH.Zn/c1-15(2)18-11-10-16(3)12-19(18)22-20(30-33(4,5)6)13-17(14-21(22)31-34(7,8)9)29-32(27,28)23(24,25)26;1-5-6-14-10-17(20)19(18(21)11-14)16-9-13(4)7-8-15(16)12(2)3;1-3-2;;/h12-14,18-19H,1,10-11H2,2-9H3;9-11,15-16,20-21H,2,5-8H2,1,3-4H3;1,3H2,2H3;1H;/q;;-1;;+2/p-1/t18-,19+;15-,16+;;;/m00.../s1/i3D3;4D3;;;. The van der Waals surface area contributed by atoms with Gasteiger partial charge in [-0.05, 0) is 128 Å². The number of alkyl halides is 3. The van der Waals surface area contributed by atoms with Crippen LogP contribution in [0.1, 0.15) is 117 Å². The van der Waals surface area contributed by atoms with Crippen molar-refractivity contribution >= 4 is 40.4 Å². The second-order valence-electron chi connectivity index (χ2n) is 17.0. The van der Waals surface area contributed by atoms with Crippen LogP contribution in [0.5, 0.6) is 28.7 Å². The maximum atomic E-state index is 13.1. The summed E-state index contributed by atoms with van der Waals surface area (Å²) in [7, 11) is -10.8. The van der Waals surface area contributed by atoms with E-state index >= 15 is 0 Å². The Hall–Kier alpha value is -2.32. The first kappa shape index (κ1) is 45.7. The van der Waals surface area contributed by atoms with Crippen molar-refractivity contribution in [3.05, 3.63) is 95.5 Å². The predicted molar refractivity (Wildman–Crippen MR) is 246 cm³/mol. The van der Waals surface area contributed by atoms with E-state index in [0.29, 0.717) is 42.4 Å². The van der Waals surface area contributed by atoms with E-state index in [0.717, 1.165) is 48.1 Å². The predicted octanol–water partition coefficient (Wildman–Crippen LogP) is 14.5. The number of benzene rings is 2. The van der Waals surface area contributed by atoms with Gasteiger partial charge in [-0.15, -0.1) is 0 Å². The third kappa shape index (κ3) is 17.1. The van der Waals surface area contributed by atoms with Crippen LogP contribution in [-0.2, 0) is 32.9 Å². The van der Waals surface area contributed by atoms with Crippen LogP contribution in [0, 0.1) is 18.8 Å². The second-order valence-corrected chi connectivity index (χ2v) is 27.4. The van der Waals surface area contributed by atoms with E-state index in [1.54, 1.807) is 24.3 Å². The zero-order chi connectivity index (χ0) is 51.6. The number of rotatable bonds is 12. The van der Waals surface area contributed by atoms with Crippen molar-refractivity contribution in [1.82, 2.24) is 0 Å². The van der Waals surface area contributed by atoms with E-state index in [2.05, 4.69) is 37.9 Å². The summed E-state index contributed by atoms with van der Waals surface area (Å²) in [5.41, 5.74) is -1.54. The molecule has 0 heterocycles. The first-order chi connectivity index (χ1) is 30.0. The Bertz CT molecular complexity index is 2090. The molecule has 2 aliphatic carbocycles. The third-order valence-electron chi connectivity index (χ3n) is 9.14. The Morgan fingerprint density at radius 1 is 0.850 bits per heavy atom. The summed E-state index contributed by atoms with van der Waals surface area (Å²) in [4.78, 5) is 0. The van der Waals surface area contributed by atoms with Crippen molar-refractivity contribution in [2.45, 2.75) is 143 Å². The average molecular weight is 1020 g/mol. The molecule has 7 nitrogen and oxygen atoms in total. The van der Waals surface area contributed by atoms with E-state index in [1.807, 2.05) is 67.0 Å². The van der Waals surface area contributed by atoms with Crippen molar-refractivity contribution in [3.8, 4) is 28.7 Å². The fraction of sp³-hybridized carbons (Fsp3) is 0.533. The van der Waals surface area contributed by atoms with Gasteiger partial charge in [-0.1, -0.05) is 67.9 Å². The normalized spacial score (nSPS) is 21.3. The molecule has 0 aromatic heterocycles. The van der Waals surface area contributed by atoms with Gasteiger partial charge in [0.05, 0.1) is 0 Å². The van der Waals surface area contributed by atoms with Gasteiger partial charge in [0, 0.05) is 43.3 Å². The van der Waals surface area contributed by atoms with Gasteiger partial charge < -0.3 is 30.2 Å². The molecule has 0 fully saturated rings. The number of allylic oxidation sites excluding steroid dienone is 6. The van der Waals surface area contributed by atoms with Crippen LogP contribution in [0.4, 0.5) is 13.2 Å². The first-order valence-electron chi connectivity index (χ1n) is 22.9. The molecule has 2 aromatic rings. The Labute approximate surface area is 386 Å². The summed E-state index contributed by atoms with van der Waals surface area (Å²) >= 11 is 4.25. The van der Waals surface area contributed by atoms with E-state index in [9.17, 15) is 31.8 Å². The van der Waals surface area contributed by atoms with E-state index in [4.69, 9.17) is 17.1 Å². The molecule has 0 spiro atoms. The van der Waals surface area contributed by atoms with Crippen molar-refractivity contribution in [2.75, 3.05) is 0 Å². The summed E-state index contributed by atoms with van der Waals surface area (Å²) in [6.45, 7) is 26.0. The van der Waals surface area contributed by atoms with Crippen molar-refractivity contribution in [3.63, 3.8) is 0 Å². The molecule has 0 amide bonds. The van der Waals surface area contributed by atoms with E-state index < -0.39 is 57.6 Å². The molecule has 4 atom stereocenters. The topological polar surface area (TPSA) is 102 Å². The van der Waals surface area contributed by atoms with Gasteiger partial charge in [0.15, 0.2) is 0 Å². The molecule has 4 rings (SSSR count). The Balaban J connectivity index is 0.000000644. The zero-order valence-corrected chi connectivity index (χ0v) is 44.3. The van der Waals surface area contributed by atoms with Crippen molar-refractivity contribution < 1.29 is 69.4 Å². The van der Waals surface area contributed by atoms with Gasteiger partial charge in [0.2, 0.25) is 16.6 Å². The molecule has 0 bridgehead atoms. The first-order valence-corrected chi connectivity index (χ1v) is 35.1. The van der Waals surface area contributed by atoms with E-state index in [-0.39, 0.29) is 46.3 Å². The molecule has 60 heavy (non-hydrogen) atoms. The van der Waals surface area contributed by atoms with Gasteiger partial charge in [0.1, 0.15) is 28.7 Å². The SMILES string of the molecule is [2H]C([2H])([2H])C1=C[C@@H](c2c(O)cc(CCC)cc2O)[C@H](C(=C)C)CC1.[2H]C([2H])([2H])C1=C[C@@H](c2c(O[Si](C)(C)C)cc(OS(=O)(=O)C(F)(F)F)cc2O[Si](C)(C)C)[C@H](C(=C)C)CC1.[CH2-]CC.[Zn+][Br]. The fourth-order valence-corrected chi connectivity index (χ4v) is 9.00. The Morgan fingerprint density at radius 3 is 1.55 bits per heavy atom. The summed E-state index contributed by atoms with van der Waals surface area (Å²) < 4.78 is 127. The fourth-order valence-electron chi connectivity index (χ4n) is 6.90. The molecular formula is C45H68BrF3O7SSi2Zn. The minimum absolute atomic E-state index is 0.00456. The maximum absolute atomic E-state index is 13.1. The molecule has 2 aromatic carbocycles. The second kappa shape index (κ2) is 23.9. The van der Waals surface area contributed by atoms with Crippen LogP contribution in [0.2, 0.25) is 39.3 Å². The molecule has 2 N–H and O–H groups in total. The molecule has 0 radical (unpaired) electrons. The van der Waals surface area contributed by atoms with Crippen LogP contribution < -0.4 is 13.0 Å². The van der Waals surface area contributed by atoms with Gasteiger partial charge in [-0.3, -0.25) is 0 Å². The number of hydrogen-bond acceptors (Lipinski definition) is 7. The molecule has 2 aliphatic rings. The zero-order valence-electron chi connectivity index (χ0n) is 42.9. The van der Waals surface area contributed by atoms with Crippen LogP contribution in [0.15, 0.2) is 71.9 Å². The monoisotopic (exact) mass is 1010 g/mol. The molecule has 0 saturated heterocycles. The van der Waals surface area contributed by atoms with Crippen LogP contribution in [0.3, 0.4) is 0 Å².